The molecular formula is C21H26O8. The van der Waals surface area contributed by atoms with Crippen LogP contribution in [-0.2, 0) is 14.3 Å². The van der Waals surface area contributed by atoms with Crippen LogP contribution in [0.2, 0.25) is 0 Å². The zero-order chi connectivity index (χ0) is 22.6. The standard InChI is InChI=1S/C21H26O8/c1-12(2)19(27)29-20(3,4)9-10-28-21(5,6)16(22)13-7-8-14(17(23)24)15(11-13)18(25)26/h7-8,11H,1,9-10H2,2-6H3,(H,23,24)(H,25,26). The molecule has 1 rings (SSSR count). The molecule has 0 radical (unpaired) electrons. The minimum atomic E-state index is -1.45. The molecule has 8 heteroatoms. The van der Waals surface area contributed by atoms with Gasteiger partial charge in [-0.3, -0.25) is 4.79 Å². The fourth-order valence-electron chi connectivity index (χ4n) is 2.40. The molecule has 29 heavy (non-hydrogen) atoms. The van der Waals surface area contributed by atoms with Crippen LogP contribution in [0.5, 0.6) is 0 Å². The minimum absolute atomic E-state index is 0.0189. The van der Waals surface area contributed by atoms with Crippen LogP contribution in [0.4, 0.5) is 0 Å². The number of benzene rings is 1. The van der Waals surface area contributed by atoms with Crippen LogP contribution in [0.3, 0.4) is 0 Å². The highest BCUT2D eigenvalue weighted by Crippen LogP contribution is 2.23. The Morgan fingerprint density at radius 2 is 1.55 bits per heavy atom. The van der Waals surface area contributed by atoms with E-state index in [0.29, 0.717) is 6.42 Å². The molecule has 0 aliphatic heterocycles. The third kappa shape index (κ3) is 6.53. The van der Waals surface area contributed by atoms with Crippen LogP contribution in [0.25, 0.3) is 0 Å². The van der Waals surface area contributed by atoms with Gasteiger partial charge in [0.05, 0.1) is 17.7 Å². The summed E-state index contributed by atoms with van der Waals surface area (Å²) < 4.78 is 11.0. The molecular weight excluding hydrogens is 380 g/mol. The number of Topliss-reactive ketones (excluding diaryl/α,β-unsaturated/α-hetero) is 1. The average Bonchev–Trinajstić information content (AvgIpc) is 2.59. The molecule has 0 aromatic heterocycles. The molecule has 0 aliphatic rings. The Hall–Kier alpha value is -3.00. The maximum absolute atomic E-state index is 12.8. The zero-order valence-corrected chi connectivity index (χ0v) is 17.2. The van der Waals surface area contributed by atoms with Crippen molar-refractivity contribution in [2.75, 3.05) is 6.61 Å². The van der Waals surface area contributed by atoms with Crippen molar-refractivity contribution in [1.29, 1.82) is 0 Å². The molecule has 2 N–H and O–H groups in total. The van der Waals surface area contributed by atoms with Gasteiger partial charge in [0.25, 0.3) is 0 Å². The second-order valence-electron chi connectivity index (χ2n) is 7.74. The van der Waals surface area contributed by atoms with Gasteiger partial charge in [0.1, 0.15) is 11.2 Å². The number of ether oxygens (including phenoxy) is 2. The lowest BCUT2D eigenvalue weighted by atomic mass is 9.93. The molecule has 1 aromatic rings. The summed E-state index contributed by atoms with van der Waals surface area (Å²) >= 11 is 0. The van der Waals surface area contributed by atoms with Gasteiger partial charge in [0.2, 0.25) is 0 Å². The van der Waals surface area contributed by atoms with E-state index in [1.54, 1.807) is 13.8 Å². The lowest BCUT2D eigenvalue weighted by molar-refractivity contribution is -0.153. The topological polar surface area (TPSA) is 127 Å². The largest absolute Gasteiger partial charge is 0.478 e. The van der Waals surface area contributed by atoms with Crippen molar-refractivity contribution in [3.63, 3.8) is 0 Å². The van der Waals surface area contributed by atoms with Crippen LogP contribution in [-0.4, -0.2) is 51.7 Å². The highest BCUT2D eigenvalue weighted by molar-refractivity contribution is 6.07. The highest BCUT2D eigenvalue weighted by Gasteiger charge is 2.32. The highest BCUT2D eigenvalue weighted by atomic mass is 16.6. The quantitative estimate of drug-likeness (QED) is 0.344. The van der Waals surface area contributed by atoms with Crippen LogP contribution in [0, 0.1) is 0 Å². The van der Waals surface area contributed by atoms with Crippen molar-refractivity contribution in [3.8, 4) is 0 Å². The van der Waals surface area contributed by atoms with E-state index in [-0.39, 0.29) is 17.7 Å². The van der Waals surface area contributed by atoms with Crippen LogP contribution in [0.1, 0.15) is 72.1 Å². The molecule has 0 aliphatic carbocycles. The summed E-state index contributed by atoms with van der Waals surface area (Å²) in [5, 5.41) is 18.3. The van der Waals surface area contributed by atoms with E-state index in [4.69, 9.17) is 14.6 Å². The first-order valence-electron chi connectivity index (χ1n) is 8.86. The lowest BCUT2D eigenvalue weighted by Crippen LogP contribution is -2.38. The van der Waals surface area contributed by atoms with Crippen molar-refractivity contribution >= 4 is 23.7 Å². The summed E-state index contributed by atoms with van der Waals surface area (Å²) in [6.07, 6.45) is 0.307. The summed E-state index contributed by atoms with van der Waals surface area (Å²) in [6.45, 7) is 11.6. The van der Waals surface area contributed by atoms with Crippen LogP contribution in [0.15, 0.2) is 30.4 Å². The molecule has 0 saturated carbocycles. The Labute approximate surface area is 169 Å². The molecule has 1 aromatic carbocycles. The maximum atomic E-state index is 12.8. The molecule has 0 heterocycles. The summed E-state index contributed by atoms with van der Waals surface area (Å²) in [5.74, 6) is -3.88. The number of hydrogen-bond donors (Lipinski definition) is 2. The van der Waals surface area contributed by atoms with E-state index >= 15 is 0 Å². The number of ketones is 1. The van der Waals surface area contributed by atoms with E-state index < -0.39 is 46.0 Å². The number of esters is 1. The van der Waals surface area contributed by atoms with Gasteiger partial charge in [-0.1, -0.05) is 12.6 Å². The molecule has 0 unspecified atom stereocenters. The lowest BCUT2D eigenvalue weighted by Gasteiger charge is -2.29. The number of carboxylic acid groups (broad SMARTS) is 2. The number of carbonyl (C=O) groups is 4. The monoisotopic (exact) mass is 406 g/mol. The number of rotatable bonds is 10. The van der Waals surface area contributed by atoms with Gasteiger partial charge in [-0.05, 0) is 46.8 Å². The van der Waals surface area contributed by atoms with Gasteiger partial charge in [-0.15, -0.1) is 0 Å². The third-order valence-electron chi connectivity index (χ3n) is 4.17. The van der Waals surface area contributed by atoms with Crippen LogP contribution >= 0.6 is 0 Å². The van der Waals surface area contributed by atoms with Gasteiger partial charge in [0, 0.05) is 17.6 Å². The number of hydrogen-bond acceptors (Lipinski definition) is 6. The Morgan fingerprint density at radius 3 is 2.03 bits per heavy atom. The fraction of sp³-hybridized carbons (Fsp3) is 0.429. The van der Waals surface area contributed by atoms with Crippen molar-refractivity contribution in [3.05, 3.63) is 47.0 Å². The van der Waals surface area contributed by atoms with Crippen molar-refractivity contribution in [2.24, 2.45) is 0 Å². The smallest absolute Gasteiger partial charge is 0.336 e. The van der Waals surface area contributed by atoms with Crippen molar-refractivity contribution < 1.29 is 38.9 Å². The number of aromatic carboxylic acids is 2. The second kappa shape index (κ2) is 9.00. The first-order valence-corrected chi connectivity index (χ1v) is 8.86. The Morgan fingerprint density at radius 1 is 1.00 bits per heavy atom. The van der Waals surface area contributed by atoms with Gasteiger partial charge in [-0.25, -0.2) is 14.4 Å². The third-order valence-corrected chi connectivity index (χ3v) is 4.17. The Bertz CT molecular complexity index is 848. The van der Waals surface area contributed by atoms with Gasteiger partial charge < -0.3 is 19.7 Å². The van der Waals surface area contributed by atoms with Gasteiger partial charge in [0.15, 0.2) is 5.78 Å². The average molecular weight is 406 g/mol. The fourth-order valence-corrected chi connectivity index (χ4v) is 2.40. The normalized spacial score (nSPS) is 11.6. The molecule has 0 spiro atoms. The number of carbonyl (C=O) groups excluding carboxylic acids is 2. The summed E-state index contributed by atoms with van der Waals surface area (Å²) in [6, 6.07) is 3.36. The molecule has 0 amide bonds. The zero-order valence-electron chi connectivity index (χ0n) is 17.2. The first-order chi connectivity index (χ1) is 13.2. The van der Waals surface area contributed by atoms with Gasteiger partial charge >= 0.3 is 17.9 Å². The summed E-state index contributed by atoms with van der Waals surface area (Å²) in [7, 11) is 0. The Balaban J connectivity index is 2.90. The summed E-state index contributed by atoms with van der Waals surface area (Å²) in [4.78, 5) is 46.9. The molecule has 158 valence electrons. The predicted octanol–water partition coefficient (Wildman–Crippen LogP) is 3.35. The van der Waals surface area contributed by atoms with Crippen LogP contribution < -0.4 is 0 Å². The minimum Gasteiger partial charge on any atom is -0.478 e. The molecule has 8 nitrogen and oxygen atoms in total. The van der Waals surface area contributed by atoms with Crippen molar-refractivity contribution in [2.45, 2.75) is 52.2 Å². The molecule has 0 atom stereocenters. The molecule has 0 bridgehead atoms. The van der Waals surface area contributed by atoms with E-state index in [1.165, 1.54) is 26.8 Å². The SMILES string of the molecule is C=C(C)C(=O)OC(C)(C)CCOC(C)(C)C(=O)c1ccc(C(=O)O)c(C(=O)O)c1. The van der Waals surface area contributed by atoms with Crippen molar-refractivity contribution in [1.82, 2.24) is 0 Å². The van der Waals surface area contributed by atoms with E-state index in [1.807, 2.05) is 0 Å². The van der Waals surface area contributed by atoms with E-state index in [2.05, 4.69) is 6.58 Å². The van der Waals surface area contributed by atoms with E-state index in [0.717, 1.165) is 12.1 Å². The van der Waals surface area contributed by atoms with Gasteiger partial charge in [-0.2, -0.15) is 0 Å². The predicted molar refractivity (Wildman–Crippen MR) is 104 cm³/mol. The second-order valence-corrected chi connectivity index (χ2v) is 7.74. The number of carboxylic acids is 2. The summed E-state index contributed by atoms with van der Waals surface area (Å²) in [5.41, 5.74) is -2.75. The Kier molecular flexibility index (Phi) is 7.46. The molecule has 0 fully saturated rings. The molecule has 0 saturated heterocycles. The maximum Gasteiger partial charge on any atom is 0.336 e. The van der Waals surface area contributed by atoms with E-state index in [9.17, 15) is 24.3 Å². The first kappa shape index (κ1) is 24.0.